The van der Waals surface area contributed by atoms with Crippen LogP contribution in [0.3, 0.4) is 0 Å². The largest absolute Gasteiger partial charge is 0.376 e. The first kappa shape index (κ1) is 16.0. The number of benzene rings is 1. The van der Waals surface area contributed by atoms with Crippen LogP contribution in [-0.2, 0) is 11.3 Å². The highest BCUT2D eigenvalue weighted by atomic mass is 16.5. The van der Waals surface area contributed by atoms with Crippen LogP contribution in [0.15, 0.2) is 42.6 Å². The quantitative estimate of drug-likeness (QED) is 0.887. The Morgan fingerprint density at radius 2 is 2.13 bits per heavy atom. The van der Waals surface area contributed by atoms with Crippen molar-refractivity contribution in [1.82, 2.24) is 9.88 Å². The molecular weight excluding hydrogens is 286 g/mol. The normalized spacial score (nSPS) is 17.6. The Balaban J connectivity index is 1.64. The van der Waals surface area contributed by atoms with Gasteiger partial charge in [-0.1, -0.05) is 18.2 Å². The zero-order valence-corrected chi connectivity index (χ0v) is 14.0. The van der Waals surface area contributed by atoms with Crippen molar-refractivity contribution in [2.24, 2.45) is 0 Å². The maximum atomic E-state index is 5.62. The standard InChI is InChI=1S/C19H25N3O/c1-22(2)14-15-5-3-6-16(11-15)17-8-9-19(20-12-17)21-13-18-7-4-10-23-18/h3,5-6,8-9,11-12,18H,4,7,10,13-14H2,1-2H3,(H,20,21). The second kappa shape index (κ2) is 7.57. The molecule has 0 aliphatic carbocycles. The molecule has 23 heavy (non-hydrogen) atoms. The van der Waals surface area contributed by atoms with Gasteiger partial charge < -0.3 is 15.0 Å². The van der Waals surface area contributed by atoms with E-state index >= 15 is 0 Å². The van der Waals surface area contributed by atoms with E-state index < -0.39 is 0 Å². The van der Waals surface area contributed by atoms with Crippen molar-refractivity contribution >= 4 is 5.82 Å². The van der Waals surface area contributed by atoms with Crippen LogP contribution in [-0.4, -0.2) is 43.2 Å². The third kappa shape index (κ3) is 4.53. The molecule has 1 aromatic heterocycles. The highest BCUT2D eigenvalue weighted by Crippen LogP contribution is 2.21. The average Bonchev–Trinajstić information content (AvgIpc) is 3.06. The van der Waals surface area contributed by atoms with Crippen LogP contribution in [0.1, 0.15) is 18.4 Å². The van der Waals surface area contributed by atoms with Gasteiger partial charge in [-0.2, -0.15) is 0 Å². The summed E-state index contributed by atoms with van der Waals surface area (Å²) in [6.07, 6.45) is 4.58. The molecule has 1 aliphatic rings. The molecule has 1 aliphatic heterocycles. The zero-order chi connectivity index (χ0) is 16.1. The van der Waals surface area contributed by atoms with E-state index in [0.29, 0.717) is 6.10 Å². The van der Waals surface area contributed by atoms with Crippen LogP contribution in [0.5, 0.6) is 0 Å². The molecule has 1 aromatic carbocycles. The lowest BCUT2D eigenvalue weighted by atomic mass is 10.0. The summed E-state index contributed by atoms with van der Waals surface area (Å²) in [5, 5.41) is 3.36. The molecule has 1 fully saturated rings. The lowest BCUT2D eigenvalue weighted by molar-refractivity contribution is 0.120. The van der Waals surface area contributed by atoms with Crippen molar-refractivity contribution in [1.29, 1.82) is 0 Å². The average molecular weight is 311 g/mol. The van der Waals surface area contributed by atoms with Gasteiger partial charge in [-0.25, -0.2) is 4.98 Å². The third-order valence-corrected chi connectivity index (χ3v) is 4.06. The predicted molar refractivity (Wildman–Crippen MR) is 94.5 cm³/mol. The lowest BCUT2D eigenvalue weighted by Crippen LogP contribution is -2.18. The van der Waals surface area contributed by atoms with Gasteiger partial charge in [0.1, 0.15) is 5.82 Å². The van der Waals surface area contributed by atoms with Crippen LogP contribution >= 0.6 is 0 Å². The van der Waals surface area contributed by atoms with E-state index in [1.165, 1.54) is 17.5 Å². The Hall–Kier alpha value is -1.91. The molecule has 1 atom stereocenters. The van der Waals surface area contributed by atoms with Gasteiger partial charge in [-0.3, -0.25) is 0 Å². The number of hydrogen-bond acceptors (Lipinski definition) is 4. The van der Waals surface area contributed by atoms with E-state index in [2.05, 4.69) is 59.6 Å². The Kier molecular flexibility index (Phi) is 5.26. The van der Waals surface area contributed by atoms with Gasteiger partial charge in [0, 0.05) is 31.5 Å². The van der Waals surface area contributed by atoms with E-state index in [1.54, 1.807) is 0 Å². The Labute approximate surface area is 138 Å². The minimum atomic E-state index is 0.333. The van der Waals surface area contributed by atoms with Gasteiger partial charge in [-0.15, -0.1) is 0 Å². The van der Waals surface area contributed by atoms with Gasteiger partial charge in [-0.05, 0) is 56.3 Å². The van der Waals surface area contributed by atoms with E-state index in [9.17, 15) is 0 Å². The second-order valence-corrected chi connectivity index (χ2v) is 6.39. The number of nitrogens with zero attached hydrogens (tertiary/aromatic N) is 2. The van der Waals surface area contributed by atoms with Crippen molar-refractivity contribution in [3.63, 3.8) is 0 Å². The van der Waals surface area contributed by atoms with Crippen LogP contribution in [0.25, 0.3) is 11.1 Å². The molecule has 1 saturated heterocycles. The van der Waals surface area contributed by atoms with Crippen molar-refractivity contribution in [3.05, 3.63) is 48.2 Å². The van der Waals surface area contributed by atoms with Crippen LogP contribution in [0.4, 0.5) is 5.82 Å². The molecule has 2 heterocycles. The summed E-state index contributed by atoms with van der Waals surface area (Å²) in [4.78, 5) is 6.71. The maximum absolute atomic E-state index is 5.62. The van der Waals surface area contributed by atoms with Crippen molar-refractivity contribution in [2.75, 3.05) is 32.6 Å². The SMILES string of the molecule is CN(C)Cc1cccc(-c2ccc(NCC3CCCO3)nc2)c1. The first-order valence-corrected chi connectivity index (χ1v) is 8.26. The number of anilines is 1. The van der Waals surface area contributed by atoms with Gasteiger partial charge >= 0.3 is 0 Å². The fourth-order valence-electron chi connectivity index (χ4n) is 2.91. The van der Waals surface area contributed by atoms with E-state index in [1.807, 2.05) is 12.3 Å². The molecule has 4 heteroatoms. The molecule has 0 spiro atoms. The maximum Gasteiger partial charge on any atom is 0.126 e. The summed E-state index contributed by atoms with van der Waals surface area (Å²) in [5.74, 6) is 0.911. The molecule has 4 nitrogen and oxygen atoms in total. The Morgan fingerprint density at radius 1 is 1.22 bits per heavy atom. The Bertz CT molecular complexity index is 619. The van der Waals surface area contributed by atoms with Crippen LogP contribution < -0.4 is 5.32 Å². The van der Waals surface area contributed by atoms with E-state index in [-0.39, 0.29) is 0 Å². The summed E-state index contributed by atoms with van der Waals surface area (Å²) in [6.45, 7) is 2.68. The number of pyridine rings is 1. The van der Waals surface area contributed by atoms with Crippen LogP contribution in [0, 0.1) is 0 Å². The van der Waals surface area contributed by atoms with Crippen molar-refractivity contribution < 1.29 is 4.74 Å². The summed E-state index contributed by atoms with van der Waals surface area (Å²) in [7, 11) is 4.17. The molecule has 0 radical (unpaired) electrons. The molecule has 0 saturated carbocycles. The minimum absolute atomic E-state index is 0.333. The first-order chi connectivity index (χ1) is 11.2. The lowest BCUT2D eigenvalue weighted by Gasteiger charge is -2.12. The minimum Gasteiger partial charge on any atom is -0.376 e. The molecule has 122 valence electrons. The molecule has 3 rings (SSSR count). The van der Waals surface area contributed by atoms with Crippen LogP contribution in [0.2, 0.25) is 0 Å². The Morgan fingerprint density at radius 3 is 2.83 bits per heavy atom. The van der Waals surface area contributed by atoms with Gasteiger partial charge in [0.25, 0.3) is 0 Å². The summed E-state index contributed by atoms with van der Waals surface area (Å²) >= 11 is 0. The molecular formula is C19H25N3O. The second-order valence-electron chi connectivity index (χ2n) is 6.39. The number of ether oxygens (including phenoxy) is 1. The van der Waals surface area contributed by atoms with Gasteiger partial charge in [0.2, 0.25) is 0 Å². The topological polar surface area (TPSA) is 37.4 Å². The molecule has 2 aromatic rings. The number of aromatic nitrogens is 1. The molecule has 1 N–H and O–H groups in total. The highest BCUT2D eigenvalue weighted by molar-refractivity contribution is 5.64. The molecule has 0 bridgehead atoms. The predicted octanol–water partition coefficient (Wildman–Crippen LogP) is 3.40. The van der Waals surface area contributed by atoms with E-state index in [4.69, 9.17) is 4.74 Å². The smallest absolute Gasteiger partial charge is 0.126 e. The number of nitrogens with one attached hydrogen (secondary N) is 1. The van der Waals surface area contributed by atoms with Crippen molar-refractivity contribution in [2.45, 2.75) is 25.5 Å². The zero-order valence-electron chi connectivity index (χ0n) is 14.0. The molecule has 0 amide bonds. The highest BCUT2D eigenvalue weighted by Gasteiger charge is 2.14. The van der Waals surface area contributed by atoms with Gasteiger partial charge in [0.15, 0.2) is 0 Å². The fraction of sp³-hybridized carbons (Fsp3) is 0.421. The number of hydrogen-bond donors (Lipinski definition) is 1. The summed E-state index contributed by atoms with van der Waals surface area (Å²) < 4.78 is 5.62. The number of rotatable bonds is 6. The van der Waals surface area contributed by atoms with Crippen molar-refractivity contribution in [3.8, 4) is 11.1 Å². The van der Waals surface area contributed by atoms with E-state index in [0.717, 1.165) is 37.5 Å². The monoisotopic (exact) mass is 311 g/mol. The molecule has 1 unspecified atom stereocenters. The summed E-state index contributed by atoms with van der Waals surface area (Å²) in [6, 6.07) is 12.8. The first-order valence-electron chi connectivity index (χ1n) is 8.26. The van der Waals surface area contributed by atoms with Gasteiger partial charge in [0.05, 0.1) is 6.10 Å². The fourth-order valence-corrected chi connectivity index (χ4v) is 2.91. The third-order valence-electron chi connectivity index (χ3n) is 4.06. The summed E-state index contributed by atoms with van der Waals surface area (Å²) in [5.41, 5.74) is 3.67.